The first-order valence-electron chi connectivity index (χ1n) is 16.6. The molecule has 2 saturated carbocycles. The molecule has 11 rings (SSSR count). The van der Waals surface area contributed by atoms with Gasteiger partial charge < -0.3 is 9.97 Å². The molecule has 0 radical (unpaired) electrons. The van der Waals surface area contributed by atoms with E-state index in [1.165, 1.54) is 9.80 Å². The molecule has 6 aliphatic rings. The first-order chi connectivity index (χ1) is 23.4. The van der Waals surface area contributed by atoms with E-state index in [4.69, 9.17) is 9.97 Å². The molecule has 10 heteroatoms. The largest absolute Gasteiger partial charge is 0.338 e. The van der Waals surface area contributed by atoms with E-state index in [2.05, 4.69) is 34.3 Å². The van der Waals surface area contributed by atoms with Gasteiger partial charge >= 0.3 is 0 Å². The number of nitrogens with zero attached hydrogens (tertiary/aromatic N) is 4. The van der Waals surface area contributed by atoms with Gasteiger partial charge in [0.2, 0.25) is 23.6 Å². The van der Waals surface area contributed by atoms with Crippen LogP contribution in [-0.4, -0.2) is 43.6 Å². The van der Waals surface area contributed by atoms with Crippen molar-refractivity contribution in [3.63, 3.8) is 0 Å². The predicted octanol–water partition coefficient (Wildman–Crippen LogP) is 5.40. The molecule has 2 saturated heterocycles. The van der Waals surface area contributed by atoms with Crippen molar-refractivity contribution in [2.75, 3.05) is 9.80 Å². The first-order valence-corrected chi connectivity index (χ1v) is 16.6. The monoisotopic (exact) mass is 632 g/mol. The number of H-pyrrole nitrogens is 2. The molecule has 0 unspecified atom stereocenters. The number of aromatic amines is 2. The first kappa shape index (κ1) is 26.4. The lowest BCUT2D eigenvalue weighted by Crippen LogP contribution is -2.32. The molecule has 5 aromatic rings. The van der Waals surface area contributed by atoms with E-state index in [1.54, 1.807) is 12.1 Å². The molecule has 2 aromatic heterocycles. The molecule has 4 aliphatic carbocycles. The zero-order valence-electron chi connectivity index (χ0n) is 25.5. The van der Waals surface area contributed by atoms with Crippen molar-refractivity contribution in [2.45, 2.75) is 12.8 Å². The van der Waals surface area contributed by atoms with E-state index >= 15 is 0 Å². The quantitative estimate of drug-likeness (QED) is 0.202. The molecule has 48 heavy (non-hydrogen) atoms. The minimum Gasteiger partial charge on any atom is -0.338 e. The van der Waals surface area contributed by atoms with E-state index in [0.717, 1.165) is 46.0 Å². The van der Waals surface area contributed by atoms with Gasteiger partial charge in [0.15, 0.2) is 0 Å². The van der Waals surface area contributed by atoms with Crippen LogP contribution in [0, 0.1) is 47.3 Å². The molecule has 2 aliphatic heterocycles. The van der Waals surface area contributed by atoms with Crippen LogP contribution in [0.1, 0.15) is 12.8 Å². The van der Waals surface area contributed by atoms with Crippen molar-refractivity contribution in [2.24, 2.45) is 47.3 Å². The molecule has 10 nitrogen and oxygen atoms in total. The van der Waals surface area contributed by atoms with E-state index in [1.807, 2.05) is 48.5 Å². The maximum Gasteiger partial charge on any atom is 0.238 e. The number of imide groups is 2. The Morgan fingerprint density at radius 2 is 0.854 bits per heavy atom. The fourth-order valence-electron chi connectivity index (χ4n) is 9.65. The minimum atomic E-state index is -0.237. The molecule has 4 heterocycles. The van der Waals surface area contributed by atoms with Gasteiger partial charge in [-0.25, -0.2) is 19.8 Å². The number of benzene rings is 3. The summed E-state index contributed by atoms with van der Waals surface area (Å²) < 4.78 is 0. The van der Waals surface area contributed by atoms with Crippen molar-refractivity contribution in [1.82, 2.24) is 19.9 Å². The van der Waals surface area contributed by atoms with Gasteiger partial charge in [-0.05, 0) is 72.9 Å². The van der Waals surface area contributed by atoms with Crippen LogP contribution in [0.2, 0.25) is 0 Å². The maximum atomic E-state index is 13.3. The molecular formula is C38H28N6O4. The number of hydrogen-bond acceptors (Lipinski definition) is 6. The number of nitrogens with one attached hydrogen (secondary N) is 2. The second-order valence-electron chi connectivity index (χ2n) is 14.2. The van der Waals surface area contributed by atoms with Crippen LogP contribution in [0.25, 0.3) is 44.8 Å². The Balaban J connectivity index is 0.852. The molecular weight excluding hydrogens is 604 g/mol. The Labute approximate surface area is 273 Å². The fourth-order valence-corrected chi connectivity index (χ4v) is 9.65. The van der Waals surface area contributed by atoms with E-state index in [9.17, 15) is 19.2 Å². The summed E-state index contributed by atoms with van der Waals surface area (Å²) in [6, 6.07) is 18.8. The van der Waals surface area contributed by atoms with Crippen LogP contribution in [0.15, 0.2) is 85.0 Å². The van der Waals surface area contributed by atoms with Crippen LogP contribution >= 0.6 is 0 Å². The fraction of sp³-hybridized carbons (Fsp3) is 0.263. The molecule has 8 atom stereocenters. The summed E-state index contributed by atoms with van der Waals surface area (Å²) in [6.07, 6.45) is 10.2. The lowest BCUT2D eigenvalue weighted by Gasteiger charge is -2.17. The molecule has 4 fully saturated rings. The van der Waals surface area contributed by atoms with Gasteiger partial charge in [-0.3, -0.25) is 19.2 Å². The molecule has 4 amide bonds. The Morgan fingerprint density at radius 1 is 0.500 bits per heavy atom. The van der Waals surface area contributed by atoms with Crippen molar-refractivity contribution in [1.29, 1.82) is 0 Å². The average molecular weight is 633 g/mol. The third-order valence-electron chi connectivity index (χ3n) is 11.8. The van der Waals surface area contributed by atoms with Gasteiger partial charge in [0.05, 0.1) is 57.1 Å². The van der Waals surface area contributed by atoms with Crippen molar-refractivity contribution >= 4 is 57.1 Å². The highest BCUT2D eigenvalue weighted by molar-refractivity contribution is 6.24. The van der Waals surface area contributed by atoms with Crippen molar-refractivity contribution < 1.29 is 19.2 Å². The standard InChI is InChI=1S/C38H28N6O4/c45-35-29-19-5-6-20(13-19)30(29)36(46)43(35)23-9-11-25-27(15-23)41-33(39-25)17-1-2-18(4-3-17)34-40-26-12-10-24(16-28(26)42-34)44-37(47)31-21-7-8-22(14-21)32(31)38(44)48/h1-12,15-16,19-22,29-32H,13-14H2,(H,39,41)(H,40,42)/t19-,20-,21-,22-,29-,30-,31-,32+/m0/s1. The summed E-state index contributed by atoms with van der Waals surface area (Å²) in [4.78, 5) is 72.3. The molecule has 3 aromatic carbocycles. The molecule has 2 N–H and O–H groups in total. The van der Waals surface area contributed by atoms with Crippen LogP contribution in [-0.2, 0) is 19.2 Å². The highest BCUT2D eigenvalue weighted by atomic mass is 16.2. The SMILES string of the molecule is O=C1[C@@H]2[C@@H](C(=O)N1c1ccc3nc(-c4ccc(-c5nc6ccc(N7C(=O)[C@@H]8[C@H](C7=O)[C@H]7C=C[C@H]8C7)cc6[nH]5)cc4)[nH]c3c1)[C@H]1C=C[C@H]2C1. The second kappa shape index (κ2) is 9.03. The summed E-state index contributed by atoms with van der Waals surface area (Å²) in [5.74, 6) is 0.702. The number of amides is 4. The normalized spacial score (nSPS) is 31.1. The zero-order valence-corrected chi connectivity index (χ0v) is 25.5. The Hall–Kier alpha value is -5.64. The number of aromatic nitrogens is 4. The van der Waals surface area contributed by atoms with Crippen LogP contribution in [0.5, 0.6) is 0 Å². The molecule has 0 spiro atoms. The molecule has 4 bridgehead atoms. The van der Waals surface area contributed by atoms with E-state index in [-0.39, 0.29) is 71.0 Å². The summed E-state index contributed by atoms with van der Waals surface area (Å²) in [6.45, 7) is 0. The number of imidazole rings is 2. The van der Waals surface area contributed by atoms with Crippen LogP contribution in [0.3, 0.4) is 0 Å². The number of fused-ring (bicyclic) bond motifs is 12. The number of carbonyl (C=O) groups excluding carboxylic acids is 4. The number of rotatable bonds is 4. The van der Waals surface area contributed by atoms with E-state index in [0.29, 0.717) is 23.0 Å². The Kier molecular flexibility index (Phi) is 4.97. The predicted molar refractivity (Wildman–Crippen MR) is 177 cm³/mol. The van der Waals surface area contributed by atoms with Crippen molar-refractivity contribution in [3.8, 4) is 22.8 Å². The van der Waals surface area contributed by atoms with Gasteiger partial charge in [-0.15, -0.1) is 0 Å². The number of carbonyl (C=O) groups is 4. The smallest absolute Gasteiger partial charge is 0.238 e. The Bertz CT molecular complexity index is 2140. The van der Waals surface area contributed by atoms with Gasteiger partial charge in [-0.2, -0.15) is 0 Å². The van der Waals surface area contributed by atoms with Crippen LogP contribution < -0.4 is 9.80 Å². The summed E-state index contributed by atoms with van der Waals surface area (Å²) >= 11 is 0. The number of hydrogen-bond donors (Lipinski definition) is 2. The van der Waals surface area contributed by atoms with E-state index < -0.39 is 0 Å². The summed E-state index contributed by atoms with van der Waals surface area (Å²) in [5, 5.41) is 0. The van der Waals surface area contributed by atoms with Gasteiger partial charge in [0.1, 0.15) is 11.6 Å². The highest BCUT2D eigenvalue weighted by Crippen LogP contribution is 2.54. The topological polar surface area (TPSA) is 132 Å². The van der Waals surface area contributed by atoms with Gasteiger partial charge in [-0.1, -0.05) is 48.6 Å². The minimum absolute atomic E-state index is 0.0945. The number of allylic oxidation sites excluding steroid dienone is 4. The second-order valence-corrected chi connectivity index (χ2v) is 14.2. The van der Waals surface area contributed by atoms with Gasteiger partial charge in [0, 0.05) is 11.1 Å². The molecule has 234 valence electrons. The highest BCUT2D eigenvalue weighted by Gasteiger charge is 2.60. The zero-order chi connectivity index (χ0) is 32.0. The Morgan fingerprint density at radius 3 is 1.21 bits per heavy atom. The summed E-state index contributed by atoms with van der Waals surface area (Å²) in [5.41, 5.74) is 5.90. The third-order valence-corrected chi connectivity index (χ3v) is 11.8. The average Bonchev–Trinajstić information content (AvgIpc) is 3.95. The third kappa shape index (κ3) is 3.36. The van der Waals surface area contributed by atoms with Crippen molar-refractivity contribution in [3.05, 3.63) is 85.0 Å². The summed E-state index contributed by atoms with van der Waals surface area (Å²) in [7, 11) is 0. The maximum absolute atomic E-state index is 13.3. The lowest BCUT2D eigenvalue weighted by molar-refractivity contribution is -0.124. The lowest BCUT2D eigenvalue weighted by atomic mass is 9.85. The van der Waals surface area contributed by atoms with Gasteiger partial charge in [0.25, 0.3) is 0 Å². The number of anilines is 2. The van der Waals surface area contributed by atoms with Crippen LogP contribution in [0.4, 0.5) is 11.4 Å².